The summed E-state index contributed by atoms with van der Waals surface area (Å²) in [6.45, 7) is 5.72. The van der Waals surface area contributed by atoms with E-state index in [1.807, 2.05) is 0 Å². The Morgan fingerprint density at radius 3 is 1.56 bits per heavy atom. The maximum atomic E-state index is 12.4. The van der Waals surface area contributed by atoms with Gasteiger partial charge in [0, 0.05) is 6.42 Å². The Bertz CT molecular complexity index is 829. The number of hydrogen-bond acceptors (Lipinski definition) is 6. The Labute approximate surface area is 186 Å². The van der Waals surface area contributed by atoms with E-state index in [2.05, 4.69) is 21.3 Å². The SMILES string of the molecule is C[C@H](N)C(=O)N[C@@H](C)C(=O)N[C@@H](C)C(=O)N[C@@H](C)C(=O)N[C@@H](Cc1ccccc1)C(=O)O. The van der Waals surface area contributed by atoms with Gasteiger partial charge in [0.15, 0.2) is 0 Å². The molecule has 0 radical (unpaired) electrons. The molecule has 11 nitrogen and oxygen atoms in total. The van der Waals surface area contributed by atoms with Crippen LogP contribution in [0.15, 0.2) is 30.3 Å². The molecule has 0 spiro atoms. The fourth-order valence-corrected chi connectivity index (χ4v) is 2.56. The summed E-state index contributed by atoms with van der Waals surface area (Å²) in [6.07, 6.45) is 0.0834. The van der Waals surface area contributed by atoms with E-state index in [4.69, 9.17) is 5.73 Å². The van der Waals surface area contributed by atoms with Gasteiger partial charge in [0.2, 0.25) is 23.6 Å². The lowest BCUT2D eigenvalue weighted by Gasteiger charge is -2.22. The number of carbonyl (C=O) groups is 5. The molecular formula is C21H31N5O6. The predicted octanol–water partition coefficient (Wildman–Crippen LogP) is -1.34. The maximum absolute atomic E-state index is 12.4. The van der Waals surface area contributed by atoms with Gasteiger partial charge in [-0.05, 0) is 33.3 Å². The van der Waals surface area contributed by atoms with Crippen LogP contribution in [0.1, 0.15) is 33.3 Å². The van der Waals surface area contributed by atoms with E-state index < -0.39 is 59.8 Å². The van der Waals surface area contributed by atoms with Crippen LogP contribution < -0.4 is 27.0 Å². The predicted molar refractivity (Wildman–Crippen MR) is 116 cm³/mol. The molecule has 7 N–H and O–H groups in total. The molecule has 5 atom stereocenters. The van der Waals surface area contributed by atoms with Gasteiger partial charge in [-0.25, -0.2) is 4.79 Å². The fourth-order valence-electron chi connectivity index (χ4n) is 2.56. The summed E-state index contributed by atoms with van der Waals surface area (Å²) in [5.41, 5.74) is 6.17. The second kappa shape index (κ2) is 12.4. The first-order chi connectivity index (χ1) is 14.9. The van der Waals surface area contributed by atoms with Crippen molar-refractivity contribution in [2.45, 2.75) is 64.3 Å². The molecule has 0 aliphatic rings. The van der Waals surface area contributed by atoms with Crippen LogP contribution >= 0.6 is 0 Å². The second-order valence-corrected chi connectivity index (χ2v) is 7.57. The minimum absolute atomic E-state index is 0.0834. The zero-order valence-electron chi connectivity index (χ0n) is 18.5. The minimum atomic E-state index is -1.20. The van der Waals surface area contributed by atoms with Gasteiger partial charge >= 0.3 is 5.97 Å². The van der Waals surface area contributed by atoms with Gasteiger partial charge < -0.3 is 32.1 Å². The molecular weight excluding hydrogens is 418 g/mol. The molecule has 4 amide bonds. The minimum Gasteiger partial charge on any atom is -0.480 e. The number of carboxylic acids is 1. The number of rotatable bonds is 11. The van der Waals surface area contributed by atoms with Crippen LogP contribution in [0.25, 0.3) is 0 Å². The molecule has 0 aliphatic heterocycles. The van der Waals surface area contributed by atoms with Crippen molar-refractivity contribution in [1.29, 1.82) is 0 Å². The summed E-state index contributed by atoms with van der Waals surface area (Å²) >= 11 is 0. The van der Waals surface area contributed by atoms with Crippen LogP contribution in [-0.2, 0) is 30.4 Å². The zero-order valence-corrected chi connectivity index (χ0v) is 18.5. The Kier molecular flexibility index (Phi) is 10.3. The quantitative estimate of drug-likeness (QED) is 0.242. The Hall–Kier alpha value is -3.47. The monoisotopic (exact) mass is 449 g/mol. The molecule has 0 heterocycles. The summed E-state index contributed by atoms with van der Waals surface area (Å²) in [6, 6.07) is 3.88. The molecule has 11 heteroatoms. The molecule has 0 aromatic heterocycles. The normalized spacial score (nSPS) is 15.3. The summed E-state index contributed by atoms with van der Waals surface area (Å²) < 4.78 is 0. The highest BCUT2D eigenvalue weighted by Crippen LogP contribution is 2.04. The van der Waals surface area contributed by atoms with Crippen molar-refractivity contribution in [3.8, 4) is 0 Å². The van der Waals surface area contributed by atoms with E-state index in [-0.39, 0.29) is 6.42 Å². The van der Waals surface area contributed by atoms with Gasteiger partial charge in [-0.1, -0.05) is 30.3 Å². The highest BCUT2D eigenvalue weighted by molar-refractivity contribution is 5.94. The molecule has 1 rings (SSSR count). The van der Waals surface area contributed by atoms with Crippen molar-refractivity contribution in [3.05, 3.63) is 35.9 Å². The molecule has 32 heavy (non-hydrogen) atoms. The van der Waals surface area contributed by atoms with Crippen LogP contribution in [-0.4, -0.2) is 64.9 Å². The average Bonchev–Trinajstić information content (AvgIpc) is 2.73. The Balaban J connectivity index is 2.59. The first kappa shape index (κ1) is 26.6. The van der Waals surface area contributed by atoms with Gasteiger partial charge in [0.05, 0.1) is 6.04 Å². The first-order valence-corrected chi connectivity index (χ1v) is 10.2. The average molecular weight is 450 g/mol. The molecule has 0 fully saturated rings. The summed E-state index contributed by atoms with van der Waals surface area (Å²) in [7, 11) is 0. The van der Waals surface area contributed by atoms with Crippen molar-refractivity contribution in [3.63, 3.8) is 0 Å². The highest BCUT2D eigenvalue weighted by atomic mass is 16.4. The largest absolute Gasteiger partial charge is 0.480 e. The summed E-state index contributed by atoms with van der Waals surface area (Å²) in [5, 5.41) is 19.1. The third kappa shape index (κ3) is 8.72. The van der Waals surface area contributed by atoms with Crippen molar-refractivity contribution in [1.82, 2.24) is 21.3 Å². The molecule has 176 valence electrons. The van der Waals surface area contributed by atoms with E-state index in [9.17, 15) is 29.1 Å². The van der Waals surface area contributed by atoms with E-state index >= 15 is 0 Å². The van der Waals surface area contributed by atoms with E-state index in [1.54, 1.807) is 30.3 Å². The van der Waals surface area contributed by atoms with Gasteiger partial charge in [-0.15, -0.1) is 0 Å². The Morgan fingerprint density at radius 2 is 1.16 bits per heavy atom. The van der Waals surface area contributed by atoms with E-state index in [1.165, 1.54) is 27.7 Å². The molecule has 0 aliphatic carbocycles. The van der Waals surface area contributed by atoms with Crippen LogP contribution in [0.3, 0.4) is 0 Å². The maximum Gasteiger partial charge on any atom is 0.326 e. The van der Waals surface area contributed by atoms with Gasteiger partial charge in [-0.2, -0.15) is 0 Å². The third-order valence-corrected chi connectivity index (χ3v) is 4.57. The van der Waals surface area contributed by atoms with Crippen molar-refractivity contribution >= 4 is 29.6 Å². The molecule has 1 aromatic rings. The van der Waals surface area contributed by atoms with Gasteiger partial charge in [0.1, 0.15) is 24.2 Å². The van der Waals surface area contributed by atoms with Crippen molar-refractivity contribution < 1.29 is 29.1 Å². The standard InChI is InChI=1S/C21H31N5O6/c1-11(22)17(27)23-12(2)18(28)24-13(3)19(29)25-14(4)20(30)26-16(21(31)32)10-15-8-6-5-7-9-15/h5-9,11-14,16H,10,22H2,1-4H3,(H,23,27)(H,24,28)(H,25,29)(H,26,30)(H,31,32)/t11-,12-,13-,14-,16-/m0/s1. The number of hydrogen-bond donors (Lipinski definition) is 6. The molecule has 0 saturated heterocycles. The van der Waals surface area contributed by atoms with Gasteiger partial charge in [-0.3, -0.25) is 19.2 Å². The number of nitrogens with two attached hydrogens (primary N) is 1. The molecule has 1 aromatic carbocycles. The number of amides is 4. The summed E-state index contributed by atoms with van der Waals surface area (Å²) in [4.78, 5) is 59.9. The molecule has 0 unspecified atom stereocenters. The highest BCUT2D eigenvalue weighted by Gasteiger charge is 2.27. The van der Waals surface area contributed by atoms with Crippen LogP contribution in [0, 0.1) is 0 Å². The lowest BCUT2D eigenvalue weighted by molar-refractivity contribution is -0.142. The second-order valence-electron chi connectivity index (χ2n) is 7.57. The third-order valence-electron chi connectivity index (χ3n) is 4.57. The lowest BCUT2D eigenvalue weighted by Crippen LogP contribution is -2.56. The number of carboxylic acid groups (broad SMARTS) is 1. The van der Waals surface area contributed by atoms with E-state index in [0.717, 1.165) is 5.56 Å². The van der Waals surface area contributed by atoms with Crippen LogP contribution in [0.2, 0.25) is 0 Å². The van der Waals surface area contributed by atoms with Crippen LogP contribution in [0.5, 0.6) is 0 Å². The van der Waals surface area contributed by atoms with Crippen molar-refractivity contribution in [2.75, 3.05) is 0 Å². The fraction of sp³-hybridized carbons (Fsp3) is 0.476. The zero-order chi connectivity index (χ0) is 24.4. The molecule has 0 saturated carbocycles. The molecule has 0 bridgehead atoms. The summed E-state index contributed by atoms with van der Waals surface area (Å²) in [5.74, 6) is -3.66. The number of carbonyl (C=O) groups excluding carboxylic acids is 4. The Morgan fingerprint density at radius 1 is 0.750 bits per heavy atom. The first-order valence-electron chi connectivity index (χ1n) is 10.2. The smallest absolute Gasteiger partial charge is 0.326 e. The van der Waals surface area contributed by atoms with Gasteiger partial charge in [0.25, 0.3) is 0 Å². The topological polar surface area (TPSA) is 180 Å². The number of aliphatic carboxylic acids is 1. The van der Waals surface area contributed by atoms with Crippen LogP contribution in [0.4, 0.5) is 0 Å². The number of nitrogens with one attached hydrogen (secondary N) is 4. The van der Waals surface area contributed by atoms with E-state index in [0.29, 0.717) is 0 Å². The van der Waals surface area contributed by atoms with Crippen molar-refractivity contribution in [2.24, 2.45) is 5.73 Å². The number of benzene rings is 1. The lowest BCUT2D eigenvalue weighted by atomic mass is 10.1.